The molecule has 0 spiro atoms. The van der Waals surface area contributed by atoms with Crippen molar-refractivity contribution in [2.45, 2.75) is 32.2 Å². The summed E-state index contributed by atoms with van der Waals surface area (Å²) in [5.74, 6) is 1.59. The third-order valence-corrected chi connectivity index (χ3v) is 4.50. The molecule has 0 saturated heterocycles. The zero-order valence-corrected chi connectivity index (χ0v) is 12.0. The lowest BCUT2D eigenvalue weighted by atomic mass is 9.62. The van der Waals surface area contributed by atoms with Crippen molar-refractivity contribution in [3.05, 3.63) is 23.3 Å². The van der Waals surface area contributed by atoms with Gasteiger partial charge in [0.15, 0.2) is 0 Å². The smallest absolute Gasteiger partial charge is 0.127 e. The SMILES string of the molecule is COc1cc(C)c(C(N)C2(CN)CCC2)c(OC)c1. The number of methoxy groups -OCH3 is 2. The molecule has 0 radical (unpaired) electrons. The monoisotopic (exact) mass is 264 g/mol. The Balaban J connectivity index is 2.43. The summed E-state index contributed by atoms with van der Waals surface area (Å²) < 4.78 is 10.8. The van der Waals surface area contributed by atoms with Crippen LogP contribution in [0, 0.1) is 12.3 Å². The normalized spacial score (nSPS) is 18.6. The van der Waals surface area contributed by atoms with E-state index in [1.807, 2.05) is 19.1 Å². The molecule has 0 aromatic heterocycles. The summed E-state index contributed by atoms with van der Waals surface area (Å²) in [6, 6.07) is 3.82. The molecule has 4 heteroatoms. The highest BCUT2D eigenvalue weighted by atomic mass is 16.5. The number of rotatable bonds is 5. The van der Waals surface area contributed by atoms with Crippen LogP contribution in [-0.4, -0.2) is 20.8 Å². The van der Waals surface area contributed by atoms with Crippen molar-refractivity contribution in [2.75, 3.05) is 20.8 Å². The van der Waals surface area contributed by atoms with E-state index in [9.17, 15) is 0 Å². The van der Waals surface area contributed by atoms with Crippen LogP contribution < -0.4 is 20.9 Å². The molecule has 4 N–H and O–H groups in total. The first-order valence-electron chi connectivity index (χ1n) is 6.76. The van der Waals surface area contributed by atoms with Gasteiger partial charge in [-0.1, -0.05) is 6.42 Å². The van der Waals surface area contributed by atoms with Gasteiger partial charge in [0.25, 0.3) is 0 Å². The lowest BCUT2D eigenvalue weighted by molar-refractivity contribution is 0.103. The summed E-state index contributed by atoms with van der Waals surface area (Å²) in [4.78, 5) is 0. The Labute approximate surface area is 115 Å². The summed E-state index contributed by atoms with van der Waals surface area (Å²) in [6.07, 6.45) is 3.40. The molecule has 1 aliphatic carbocycles. The van der Waals surface area contributed by atoms with E-state index >= 15 is 0 Å². The van der Waals surface area contributed by atoms with Gasteiger partial charge in [-0.25, -0.2) is 0 Å². The highest BCUT2D eigenvalue weighted by Gasteiger charge is 2.43. The van der Waals surface area contributed by atoms with Crippen LogP contribution in [0.15, 0.2) is 12.1 Å². The highest BCUT2D eigenvalue weighted by Crippen LogP contribution is 2.50. The van der Waals surface area contributed by atoms with Gasteiger partial charge in [0, 0.05) is 23.1 Å². The van der Waals surface area contributed by atoms with E-state index < -0.39 is 0 Å². The van der Waals surface area contributed by atoms with Crippen LogP contribution in [0.3, 0.4) is 0 Å². The standard InChI is InChI=1S/C15H24N2O2/c1-10-7-11(18-2)8-12(19-3)13(10)14(17)15(9-16)5-4-6-15/h7-8,14H,4-6,9,16-17H2,1-3H3. The van der Waals surface area contributed by atoms with E-state index in [1.54, 1.807) is 14.2 Å². The van der Waals surface area contributed by atoms with Gasteiger partial charge in [0.1, 0.15) is 11.5 Å². The van der Waals surface area contributed by atoms with Crippen LogP contribution in [0.5, 0.6) is 11.5 Å². The molecule has 0 heterocycles. The average Bonchev–Trinajstić information content (AvgIpc) is 2.36. The summed E-state index contributed by atoms with van der Waals surface area (Å²) in [5, 5.41) is 0. The number of aryl methyl sites for hydroxylation is 1. The van der Waals surface area contributed by atoms with Crippen molar-refractivity contribution in [1.82, 2.24) is 0 Å². The molecule has 1 aliphatic rings. The maximum Gasteiger partial charge on any atom is 0.127 e. The number of hydrogen-bond donors (Lipinski definition) is 2. The van der Waals surface area contributed by atoms with Crippen LogP contribution in [0.4, 0.5) is 0 Å². The van der Waals surface area contributed by atoms with Crippen molar-refractivity contribution < 1.29 is 9.47 Å². The lowest BCUT2D eigenvalue weighted by Crippen LogP contribution is -2.46. The lowest BCUT2D eigenvalue weighted by Gasteiger charge is -2.46. The molecule has 1 unspecified atom stereocenters. The molecule has 1 fully saturated rings. The summed E-state index contributed by atoms with van der Waals surface area (Å²) >= 11 is 0. The maximum absolute atomic E-state index is 6.51. The van der Waals surface area contributed by atoms with E-state index in [-0.39, 0.29) is 11.5 Å². The predicted octanol–water partition coefficient (Wildman–Crippen LogP) is 2.14. The Hall–Kier alpha value is -1.26. The van der Waals surface area contributed by atoms with Crippen LogP contribution in [-0.2, 0) is 0 Å². The summed E-state index contributed by atoms with van der Waals surface area (Å²) in [7, 11) is 3.32. The Bertz CT molecular complexity index is 450. The largest absolute Gasteiger partial charge is 0.497 e. The first-order chi connectivity index (χ1) is 9.07. The van der Waals surface area contributed by atoms with E-state index in [2.05, 4.69) is 0 Å². The van der Waals surface area contributed by atoms with E-state index in [0.717, 1.165) is 35.5 Å². The number of nitrogens with two attached hydrogens (primary N) is 2. The molecule has 19 heavy (non-hydrogen) atoms. The third kappa shape index (κ3) is 2.30. The minimum absolute atomic E-state index is 0.0344. The van der Waals surface area contributed by atoms with Crippen molar-refractivity contribution in [2.24, 2.45) is 16.9 Å². The molecule has 4 nitrogen and oxygen atoms in total. The van der Waals surface area contributed by atoms with E-state index in [1.165, 1.54) is 6.42 Å². The van der Waals surface area contributed by atoms with Gasteiger partial charge >= 0.3 is 0 Å². The van der Waals surface area contributed by atoms with Crippen LogP contribution in [0.25, 0.3) is 0 Å². The van der Waals surface area contributed by atoms with Crippen molar-refractivity contribution in [1.29, 1.82) is 0 Å². The number of hydrogen-bond acceptors (Lipinski definition) is 4. The quantitative estimate of drug-likeness (QED) is 0.854. The van der Waals surface area contributed by atoms with Gasteiger partial charge < -0.3 is 20.9 Å². The van der Waals surface area contributed by atoms with Gasteiger partial charge in [0.05, 0.1) is 14.2 Å². The van der Waals surface area contributed by atoms with Crippen LogP contribution in [0.2, 0.25) is 0 Å². The van der Waals surface area contributed by atoms with Gasteiger partial charge in [0.2, 0.25) is 0 Å². The van der Waals surface area contributed by atoms with E-state index in [4.69, 9.17) is 20.9 Å². The topological polar surface area (TPSA) is 70.5 Å². The Morgan fingerprint density at radius 1 is 1.26 bits per heavy atom. The van der Waals surface area contributed by atoms with Crippen molar-refractivity contribution in [3.63, 3.8) is 0 Å². The average molecular weight is 264 g/mol. The van der Waals surface area contributed by atoms with Crippen LogP contribution in [0.1, 0.15) is 36.4 Å². The molecular formula is C15H24N2O2. The van der Waals surface area contributed by atoms with Crippen molar-refractivity contribution >= 4 is 0 Å². The molecule has 1 atom stereocenters. The second-order valence-electron chi connectivity index (χ2n) is 5.46. The molecule has 1 aromatic rings. The molecule has 0 aliphatic heterocycles. The Morgan fingerprint density at radius 3 is 2.37 bits per heavy atom. The fourth-order valence-corrected chi connectivity index (χ4v) is 3.00. The molecule has 0 bridgehead atoms. The summed E-state index contributed by atoms with van der Waals surface area (Å²) in [5.41, 5.74) is 14.7. The molecular weight excluding hydrogens is 240 g/mol. The second kappa shape index (κ2) is 5.39. The fraction of sp³-hybridized carbons (Fsp3) is 0.600. The molecule has 1 aromatic carbocycles. The maximum atomic E-state index is 6.51. The fourth-order valence-electron chi connectivity index (χ4n) is 3.00. The molecule has 106 valence electrons. The highest BCUT2D eigenvalue weighted by molar-refractivity contribution is 5.48. The van der Waals surface area contributed by atoms with Crippen molar-refractivity contribution in [3.8, 4) is 11.5 Å². The van der Waals surface area contributed by atoms with Crippen LogP contribution >= 0.6 is 0 Å². The number of ether oxygens (including phenoxy) is 2. The van der Waals surface area contributed by atoms with E-state index in [0.29, 0.717) is 6.54 Å². The Kier molecular flexibility index (Phi) is 4.02. The predicted molar refractivity (Wildman–Crippen MR) is 76.5 cm³/mol. The summed E-state index contributed by atoms with van der Waals surface area (Å²) in [6.45, 7) is 2.67. The first-order valence-corrected chi connectivity index (χ1v) is 6.76. The third-order valence-electron chi connectivity index (χ3n) is 4.50. The van der Waals surface area contributed by atoms with Gasteiger partial charge in [-0.2, -0.15) is 0 Å². The first kappa shape index (κ1) is 14.2. The molecule has 1 saturated carbocycles. The van der Waals surface area contributed by atoms with Gasteiger partial charge in [-0.15, -0.1) is 0 Å². The number of benzene rings is 1. The van der Waals surface area contributed by atoms with Gasteiger partial charge in [-0.3, -0.25) is 0 Å². The molecule has 2 rings (SSSR count). The zero-order valence-electron chi connectivity index (χ0n) is 12.0. The minimum atomic E-state index is -0.0768. The Morgan fingerprint density at radius 2 is 1.95 bits per heavy atom. The second-order valence-corrected chi connectivity index (χ2v) is 5.46. The zero-order chi connectivity index (χ0) is 14.0. The molecule has 0 amide bonds. The van der Waals surface area contributed by atoms with Gasteiger partial charge in [-0.05, 0) is 37.9 Å². The minimum Gasteiger partial charge on any atom is -0.497 e.